The number of nitrogens with zero attached hydrogens (tertiary/aromatic N) is 1. The predicted molar refractivity (Wildman–Crippen MR) is 129 cm³/mol. The van der Waals surface area contributed by atoms with E-state index in [-0.39, 0.29) is 35.8 Å². The summed E-state index contributed by atoms with van der Waals surface area (Å²) < 4.78 is 30.7. The van der Waals surface area contributed by atoms with Gasteiger partial charge >= 0.3 is 0 Å². The Kier molecular flexibility index (Phi) is 11.0. The van der Waals surface area contributed by atoms with Gasteiger partial charge in [0, 0.05) is 18.2 Å². The lowest BCUT2D eigenvalue weighted by Crippen LogP contribution is -2.46. The van der Waals surface area contributed by atoms with Gasteiger partial charge in [-0.1, -0.05) is 43.3 Å². The second kappa shape index (κ2) is 12.7. The fraction of sp³-hybridized carbons (Fsp3) is 0.381. The van der Waals surface area contributed by atoms with E-state index in [2.05, 4.69) is 15.6 Å². The summed E-state index contributed by atoms with van der Waals surface area (Å²) in [5.41, 5.74) is 0.965. The average molecular weight is 531 g/mol. The Labute approximate surface area is 191 Å². The van der Waals surface area contributed by atoms with E-state index >= 15 is 0 Å². The van der Waals surface area contributed by atoms with Gasteiger partial charge in [0.2, 0.25) is 0 Å². The summed E-state index contributed by atoms with van der Waals surface area (Å²) in [6.07, 6.45) is 0.658. The summed E-state index contributed by atoms with van der Waals surface area (Å²) in [7, 11) is -1.74. The van der Waals surface area contributed by atoms with Crippen molar-refractivity contribution in [1.82, 2.24) is 10.6 Å². The largest absolute Gasteiger partial charge is 0.496 e. The molecule has 0 saturated carbocycles. The molecule has 0 aliphatic rings. The Hall–Kier alpha value is -1.81. The van der Waals surface area contributed by atoms with E-state index in [1.165, 1.54) is 0 Å². The summed E-state index contributed by atoms with van der Waals surface area (Å²) in [6, 6.07) is 16.0. The number of halogens is 1. The van der Waals surface area contributed by atoms with Gasteiger partial charge in [-0.3, -0.25) is 0 Å². The van der Waals surface area contributed by atoms with Crippen molar-refractivity contribution in [3.8, 4) is 5.75 Å². The van der Waals surface area contributed by atoms with E-state index < -0.39 is 9.84 Å². The first-order chi connectivity index (χ1) is 13.5. The number of aliphatic imine (C=N–C) groups is 1. The summed E-state index contributed by atoms with van der Waals surface area (Å²) in [4.78, 5) is 4.94. The Balaban J connectivity index is 0.00000420. The molecule has 0 aromatic heterocycles. The van der Waals surface area contributed by atoms with Gasteiger partial charge in [0.1, 0.15) is 5.75 Å². The van der Waals surface area contributed by atoms with Crippen molar-refractivity contribution < 1.29 is 13.2 Å². The van der Waals surface area contributed by atoms with Gasteiger partial charge < -0.3 is 15.4 Å². The molecule has 0 aliphatic heterocycles. The number of nitrogens with one attached hydrogen (secondary N) is 2. The molecule has 0 aliphatic carbocycles. The molecule has 0 heterocycles. The van der Waals surface area contributed by atoms with Crippen molar-refractivity contribution >= 4 is 39.8 Å². The first-order valence-electron chi connectivity index (χ1n) is 9.44. The minimum atomic E-state index is -3.38. The quantitative estimate of drug-likeness (QED) is 0.294. The molecule has 0 fully saturated rings. The summed E-state index contributed by atoms with van der Waals surface area (Å²) in [5.74, 6) is 1.37. The normalized spacial score (nSPS) is 12.6. The highest BCUT2D eigenvalue weighted by Gasteiger charge is 2.21. The van der Waals surface area contributed by atoms with Crippen LogP contribution in [0.2, 0.25) is 0 Å². The molecular weight excluding hydrogens is 501 g/mol. The Bertz CT molecular complexity index is 874. The zero-order chi connectivity index (χ0) is 20.4. The van der Waals surface area contributed by atoms with Gasteiger partial charge in [0.25, 0.3) is 0 Å². The molecule has 8 heteroatoms. The van der Waals surface area contributed by atoms with Crippen LogP contribution in [0.25, 0.3) is 0 Å². The number of rotatable bonds is 9. The number of hydrogen-bond acceptors (Lipinski definition) is 4. The second-order valence-electron chi connectivity index (χ2n) is 6.35. The molecule has 0 spiro atoms. The fourth-order valence-electron chi connectivity index (χ4n) is 2.76. The van der Waals surface area contributed by atoms with Gasteiger partial charge in [-0.2, -0.15) is 0 Å². The Morgan fingerprint density at radius 1 is 1.07 bits per heavy atom. The van der Waals surface area contributed by atoms with Crippen LogP contribution in [0.15, 0.2) is 64.5 Å². The van der Waals surface area contributed by atoms with E-state index in [0.717, 1.165) is 11.3 Å². The van der Waals surface area contributed by atoms with Crippen LogP contribution in [0.4, 0.5) is 0 Å². The summed E-state index contributed by atoms with van der Waals surface area (Å²) in [6.45, 7) is 5.05. The number of guanidine groups is 1. The molecule has 2 rings (SSSR count). The molecular formula is C21H30IN3O3S. The highest BCUT2D eigenvalue weighted by Crippen LogP contribution is 2.18. The van der Waals surface area contributed by atoms with Crippen molar-refractivity contribution in [2.24, 2.45) is 4.99 Å². The summed E-state index contributed by atoms with van der Waals surface area (Å²) in [5, 5.41) is 6.44. The Morgan fingerprint density at radius 3 is 2.34 bits per heavy atom. The number of hydrogen-bond donors (Lipinski definition) is 2. The molecule has 1 unspecified atom stereocenters. The minimum absolute atomic E-state index is 0. The van der Waals surface area contributed by atoms with Crippen LogP contribution in [0.3, 0.4) is 0 Å². The lowest BCUT2D eigenvalue weighted by molar-refractivity contribution is 0.410. The second-order valence-corrected chi connectivity index (χ2v) is 8.39. The van der Waals surface area contributed by atoms with Crippen molar-refractivity contribution in [2.75, 3.05) is 19.4 Å². The van der Waals surface area contributed by atoms with Gasteiger partial charge in [-0.25, -0.2) is 13.4 Å². The van der Waals surface area contributed by atoms with E-state index in [9.17, 15) is 8.42 Å². The predicted octanol–water partition coefficient (Wildman–Crippen LogP) is 3.62. The van der Waals surface area contributed by atoms with Gasteiger partial charge in [0.15, 0.2) is 15.8 Å². The van der Waals surface area contributed by atoms with Crippen LogP contribution in [-0.4, -0.2) is 39.8 Å². The SMILES string of the molecule is CCNC(=NCc1ccccc1OC)NC(CC)CS(=O)(=O)c1ccccc1.I. The van der Waals surface area contributed by atoms with Crippen LogP contribution in [0, 0.1) is 0 Å². The van der Waals surface area contributed by atoms with Crippen molar-refractivity contribution in [1.29, 1.82) is 0 Å². The zero-order valence-corrected chi connectivity index (χ0v) is 20.2. The lowest BCUT2D eigenvalue weighted by Gasteiger charge is -2.20. The molecule has 2 aromatic carbocycles. The maximum absolute atomic E-state index is 12.7. The third-order valence-electron chi connectivity index (χ3n) is 4.30. The van der Waals surface area contributed by atoms with Crippen LogP contribution in [-0.2, 0) is 16.4 Å². The van der Waals surface area contributed by atoms with Crippen LogP contribution in [0.1, 0.15) is 25.8 Å². The number of sulfone groups is 1. The molecule has 29 heavy (non-hydrogen) atoms. The van der Waals surface area contributed by atoms with Gasteiger partial charge in [-0.15, -0.1) is 24.0 Å². The third kappa shape index (κ3) is 7.85. The molecule has 0 saturated heterocycles. The molecule has 160 valence electrons. The maximum atomic E-state index is 12.7. The first-order valence-corrected chi connectivity index (χ1v) is 11.1. The molecule has 0 amide bonds. The molecule has 0 radical (unpaired) electrons. The van der Waals surface area contributed by atoms with E-state index in [1.807, 2.05) is 44.2 Å². The van der Waals surface area contributed by atoms with Gasteiger partial charge in [0.05, 0.1) is 24.3 Å². The Morgan fingerprint density at radius 2 is 1.72 bits per heavy atom. The minimum Gasteiger partial charge on any atom is -0.496 e. The topological polar surface area (TPSA) is 79.8 Å². The van der Waals surface area contributed by atoms with Gasteiger partial charge in [-0.05, 0) is 31.5 Å². The lowest BCUT2D eigenvalue weighted by atomic mass is 10.2. The number of para-hydroxylation sites is 1. The number of methoxy groups -OCH3 is 1. The fourth-order valence-corrected chi connectivity index (χ4v) is 4.37. The monoisotopic (exact) mass is 531 g/mol. The molecule has 6 nitrogen and oxygen atoms in total. The first kappa shape index (κ1) is 25.2. The average Bonchev–Trinajstić information content (AvgIpc) is 2.72. The third-order valence-corrected chi connectivity index (χ3v) is 6.13. The van der Waals surface area contributed by atoms with E-state index in [1.54, 1.807) is 31.4 Å². The highest BCUT2D eigenvalue weighted by atomic mass is 127. The number of benzene rings is 2. The van der Waals surface area contributed by atoms with Crippen molar-refractivity contribution in [3.63, 3.8) is 0 Å². The van der Waals surface area contributed by atoms with Crippen LogP contribution >= 0.6 is 24.0 Å². The number of ether oxygens (including phenoxy) is 1. The molecule has 1 atom stereocenters. The molecule has 0 bridgehead atoms. The van der Waals surface area contributed by atoms with E-state index in [4.69, 9.17) is 4.74 Å². The highest BCUT2D eigenvalue weighted by molar-refractivity contribution is 14.0. The van der Waals surface area contributed by atoms with Crippen LogP contribution in [0.5, 0.6) is 5.75 Å². The van der Waals surface area contributed by atoms with Crippen LogP contribution < -0.4 is 15.4 Å². The van der Waals surface area contributed by atoms with Crippen molar-refractivity contribution in [2.45, 2.75) is 37.8 Å². The molecule has 2 aromatic rings. The smallest absolute Gasteiger partial charge is 0.191 e. The summed E-state index contributed by atoms with van der Waals surface area (Å²) >= 11 is 0. The maximum Gasteiger partial charge on any atom is 0.191 e. The zero-order valence-electron chi connectivity index (χ0n) is 17.1. The van der Waals surface area contributed by atoms with Crippen molar-refractivity contribution in [3.05, 3.63) is 60.2 Å². The molecule has 2 N–H and O–H groups in total. The standard InChI is InChI=1S/C21H29N3O3S.HI/c1-4-18(16-28(25,26)19-12-7-6-8-13-19)24-21(22-5-2)23-15-17-11-9-10-14-20(17)27-3;/h6-14,18H,4-5,15-16H2,1-3H3,(H2,22,23,24);1H. The van der Waals surface area contributed by atoms with E-state index in [0.29, 0.717) is 30.4 Å².